The number of benzene rings is 1. The number of amides is 2. The fourth-order valence-electron chi connectivity index (χ4n) is 3.19. The molecule has 25 heavy (non-hydrogen) atoms. The van der Waals surface area contributed by atoms with Crippen molar-refractivity contribution in [1.82, 2.24) is 4.90 Å². The third kappa shape index (κ3) is 5.07. The van der Waals surface area contributed by atoms with E-state index >= 15 is 0 Å². The van der Waals surface area contributed by atoms with Crippen LogP contribution in [0.15, 0.2) is 18.2 Å². The molecule has 1 aromatic carbocycles. The molecule has 0 aromatic heterocycles. The zero-order valence-corrected chi connectivity index (χ0v) is 16.3. The van der Waals surface area contributed by atoms with Crippen LogP contribution in [0.5, 0.6) is 0 Å². The first-order chi connectivity index (χ1) is 11.8. The van der Waals surface area contributed by atoms with E-state index in [1.807, 2.05) is 23.1 Å². The van der Waals surface area contributed by atoms with Gasteiger partial charge in [0.05, 0.1) is 0 Å². The third-order valence-corrected chi connectivity index (χ3v) is 4.84. The van der Waals surface area contributed by atoms with Crippen LogP contribution in [0.3, 0.4) is 0 Å². The molecule has 4 nitrogen and oxygen atoms in total. The number of rotatable bonds is 7. The van der Waals surface area contributed by atoms with Crippen molar-refractivity contribution in [3.05, 3.63) is 29.3 Å². The summed E-state index contributed by atoms with van der Waals surface area (Å²) in [6.07, 6.45) is 2.87. The largest absolute Gasteiger partial charge is 0.339 e. The van der Waals surface area contributed by atoms with Gasteiger partial charge in [0.25, 0.3) is 5.91 Å². The van der Waals surface area contributed by atoms with Gasteiger partial charge in [-0.15, -0.1) is 0 Å². The standard InChI is InChI=1S/C21H32N2O2/c1-15(2)8-11-22(12-9-16(3)4)21(25)19-6-7-20-18(14-19)10-13-23(20)17(5)24/h6-7,14-16H,8-13H2,1-5H3. The predicted octanol–water partition coefficient (Wildman–Crippen LogP) is 4.13. The Morgan fingerprint density at radius 1 is 1.08 bits per heavy atom. The molecule has 0 fully saturated rings. The van der Waals surface area contributed by atoms with Crippen molar-refractivity contribution >= 4 is 17.5 Å². The van der Waals surface area contributed by atoms with Gasteiger partial charge in [0.1, 0.15) is 0 Å². The topological polar surface area (TPSA) is 40.6 Å². The number of carbonyl (C=O) groups is 2. The summed E-state index contributed by atoms with van der Waals surface area (Å²) in [4.78, 5) is 28.5. The van der Waals surface area contributed by atoms with Gasteiger partial charge >= 0.3 is 0 Å². The van der Waals surface area contributed by atoms with Crippen molar-refractivity contribution in [2.45, 2.75) is 53.9 Å². The number of hydrogen-bond acceptors (Lipinski definition) is 2. The smallest absolute Gasteiger partial charge is 0.253 e. The van der Waals surface area contributed by atoms with Gasteiger partial charge in [0.2, 0.25) is 5.91 Å². The van der Waals surface area contributed by atoms with Gasteiger partial charge in [0.15, 0.2) is 0 Å². The molecule has 0 saturated heterocycles. The molecule has 0 radical (unpaired) electrons. The minimum Gasteiger partial charge on any atom is -0.339 e. The number of anilines is 1. The van der Waals surface area contributed by atoms with Crippen LogP contribution in [0.25, 0.3) is 0 Å². The Bertz CT molecular complexity index is 610. The molecule has 4 heteroatoms. The van der Waals surface area contributed by atoms with Crippen LogP contribution in [-0.4, -0.2) is 36.3 Å². The van der Waals surface area contributed by atoms with Crippen LogP contribution >= 0.6 is 0 Å². The Kier molecular flexibility index (Phi) is 6.63. The molecule has 1 heterocycles. The summed E-state index contributed by atoms with van der Waals surface area (Å²) in [5.41, 5.74) is 2.81. The summed E-state index contributed by atoms with van der Waals surface area (Å²) < 4.78 is 0. The Hall–Kier alpha value is -1.84. The van der Waals surface area contributed by atoms with Crippen LogP contribution in [-0.2, 0) is 11.2 Å². The van der Waals surface area contributed by atoms with Gasteiger partial charge in [-0.3, -0.25) is 9.59 Å². The first kappa shape index (κ1) is 19.5. The molecule has 0 saturated carbocycles. The van der Waals surface area contributed by atoms with Gasteiger partial charge in [-0.1, -0.05) is 27.7 Å². The molecule has 138 valence electrons. The van der Waals surface area contributed by atoms with E-state index in [4.69, 9.17) is 0 Å². The first-order valence-electron chi connectivity index (χ1n) is 9.50. The zero-order valence-electron chi connectivity index (χ0n) is 16.3. The van der Waals surface area contributed by atoms with Gasteiger partial charge in [0, 0.05) is 37.8 Å². The van der Waals surface area contributed by atoms with Crippen molar-refractivity contribution in [2.75, 3.05) is 24.5 Å². The molecule has 0 aliphatic carbocycles. The van der Waals surface area contributed by atoms with E-state index in [-0.39, 0.29) is 11.8 Å². The van der Waals surface area contributed by atoms with Crippen molar-refractivity contribution in [3.63, 3.8) is 0 Å². The maximum atomic E-state index is 13.0. The van der Waals surface area contributed by atoms with E-state index in [2.05, 4.69) is 27.7 Å². The monoisotopic (exact) mass is 344 g/mol. The molecule has 0 atom stereocenters. The van der Waals surface area contributed by atoms with Gasteiger partial charge < -0.3 is 9.80 Å². The second-order valence-corrected chi connectivity index (χ2v) is 7.92. The number of fused-ring (bicyclic) bond motifs is 1. The van der Waals surface area contributed by atoms with E-state index < -0.39 is 0 Å². The van der Waals surface area contributed by atoms with Gasteiger partial charge in [-0.05, 0) is 54.9 Å². The van der Waals surface area contributed by atoms with Crippen molar-refractivity contribution in [3.8, 4) is 0 Å². The molecule has 1 aromatic rings. The summed E-state index contributed by atoms with van der Waals surface area (Å²) >= 11 is 0. The van der Waals surface area contributed by atoms with E-state index in [1.54, 1.807) is 11.8 Å². The summed E-state index contributed by atoms with van der Waals surface area (Å²) in [6.45, 7) is 12.7. The maximum absolute atomic E-state index is 13.0. The Morgan fingerprint density at radius 3 is 2.20 bits per heavy atom. The molecule has 0 spiro atoms. The predicted molar refractivity (Wildman–Crippen MR) is 103 cm³/mol. The molecule has 2 amide bonds. The Labute approximate surface area is 152 Å². The fraction of sp³-hybridized carbons (Fsp3) is 0.619. The van der Waals surface area contributed by atoms with E-state index in [9.17, 15) is 9.59 Å². The summed E-state index contributed by atoms with van der Waals surface area (Å²) in [5, 5.41) is 0. The maximum Gasteiger partial charge on any atom is 0.253 e. The molecular formula is C21H32N2O2. The van der Waals surface area contributed by atoms with Crippen LogP contribution in [0, 0.1) is 11.8 Å². The molecule has 1 aliphatic rings. The highest BCUT2D eigenvalue weighted by Crippen LogP contribution is 2.29. The Balaban J connectivity index is 2.16. The highest BCUT2D eigenvalue weighted by molar-refractivity contribution is 5.97. The first-order valence-corrected chi connectivity index (χ1v) is 9.50. The Morgan fingerprint density at radius 2 is 1.68 bits per heavy atom. The van der Waals surface area contributed by atoms with E-state index in [1.165, 1.54) is 0 Å². The van der Waals surface area contributed by atoms with Crippen molar-refractivity contribution < 1.29 is 9.59 Å². The minimum atomic E-state index is 0.0633. The summed E-state index contributed by atoms with van der Waals surface area (Å²) in [5.74, 6) is 1.34. The van der Waals surface area contributed by atoms with E-state index in [0.29, 0.717) is 18.4 Å². The lowest BCUT2D eigenvalue weighted by Gasteiger charge is -2.25. The molecule has 0 N–H and O–H groups in total. The lowest BCUT2D eigenvalue weighted by atomic mass is 10.0. The second-order valence-electron chi connectivity index (χ2n) is 7.92. The quantitative estimate of drug-likeness (QED) is 0.746. The normalized spacial score (nSPS) is 13.5. The summed E-state index contributed by atoms with van der Waals surface area (Å²) in [7, 11) is 0. The fourth-order valence-corrected chi connectivity index (χ4v) is 3.19. The second kappa shape index (κ2) is 8.50. The third-order valence-electron chi connectivity index (χ3n) is 4.84. The number of hydrogen-bond donors (Lipinski definition) is 0. The van der Waals surface area contributed by atoms with Crippen LogP contribution in [0.2, 0.25) is 0 Å². The lowest BCUT2D eigenvalue weighted by molar-refractivity contribution is -0.116. The van der Waals surface area contributed by atoms with E-state index in [0.717, 1.165) is 49.2 Å². The highest BCUT2D eigenvalue weighted by atomic mass is 16.2. The van der Waals surface area contributed by atoms with Crippen molar-refractivity contribution in [1.29, 1.82) is 0 Å². The average molecular weight is 344 g/mol. The van der Waals surface area contributed by atoms with Gasteiger partial charge in [-0.25, -0.2) is 0 Å². The van der Waals surface area contributed by atoms with Crippen LogP contribution in [0.1, 0.15) is 63.4 Å². The average Bonchev–Trinajstić information content (AvgIpc) is 2.97. The van der Waals surface area contributed by atoms with Gasteiger partial charge in [-0.2, -0.15) is 0 Å². The molecular weight excluding hydrogens is 312 g/mol. The molecule has 2 rings (SSSR count). The number of nitrogens with zero attached hydrogens (tertiary/aromatic N) is 2. The van der Waals surface area contributed by atoms with Crippen molar-refractivity contribution in [2.24, 2.45) is 11.8 Å². The lowest BCUT2D eigenvalue weighted by Crippen LogP contribution is -2.34. The van der Waals surface area contributed by atoms with Crippen LogP contribution < -0.4 is 4.90 Å². The van der Waals surface area contributed by atoms with Crippen LogP contribution in [0.4, 0.5) is 5.69 Å². The highest BCUT2D eigenvalue weighted by Gasteiger charge is 2.24. The zero-order chi connectivity index (χ0) is 18.6. The molecule has 0 unspecified atom stereocenters. The SMILES string of the molecule is CC(=O)N1CCc2cc(C(=O)N(CCC(C)C)CCC(C)C)ccc21. The molecule has 1 aliphatic heterocycles. The molecule has 0 bridgehead atoms. The number of carbonyl (C=O) groups excluding carboxylic acids is 2. The summed E-state index contributed by atoms with van der Waals surface area (Å²) in [6, 6.07) is 5.79. The minimum absolute atomic E-state index is 0.0633.